The SMILES string of the molecule is CC[C@H](Oc1ccc(F)cc1)C(=O)N(Cc1cccc(F)c1)c1ccccn1. The lowest BCUT2D eigenvalue weighted by atomic mass is 10.1. The van der Waals surface area contributed by atoms with Gasteiger partial charge in [0.25, 0.3) is 5.91 Å². The molecule has 0 aliphatic carbocycles. The molecular weight excluding hydrogens is 362 g/mol. The summed E-state index contributed by atoms with van der Waals surface area (Å²) in [5.74, 6) is -0.227. The van der Waals surface area contributed by atoms with Gasteiger partial charge in [-0.1, -0.05) is 25.1 Å². The molecule has 0 spiro atoms. The van der Waals surface area contributed by atoms with Crippen LogP contribution >= 0.6 is 0 Å². The number of amides is 1. The van der Waals surface area contributed by atoms with Crippen molar-refractivity contribution < 1.29 is 18.3 Å². The summed E-state index contributed by atoms with van der Waals surface area (Å²) in [6.45, 7) is 1.97. The van der Waals surface area contributed by atoms with Crippen LogP contribution in [0.15, 0.2) is 72.9 Å². The number of benzene rings is 2. The van der Waals surface area contributed by atoms with Gasteiger partial charge >= 0.3 is 0 Å². The average Bonchev–Trinajstić information content (AvgIpc) is 2.72. The van der Waals surface area contributed by atoms with Crippen LogP contribution < -0.4 is 9.64 Å². The predicted molar refractivity (Wildman–Crippen MR) is 103 cm³/mol. The minimum atomic E-state index is -0.791. The van der Waals surface area contributed by atoms with Crippen LogP contribution in [0.25, 0.3) is 0 Å². The van der Waals surface area contributed by atoms with Crippen LogP contribution in [0.4, 0.5) is 14.6 Å². The summed E-state index contributed by atoms with van der Waals surface area (Å²) in [4.78, 5) is 19.0. The Bertz CT molecular complexity index is 917. The van der Waals surface area contributed by atoms with Crippen molar-refractivity contribution in [1.82, 2.24) is 4.98 Å². The van der Waals surface area contributed by atoms with E-state index in [4.69, 9.17) is 4.74 Å². The van der Waals surface area contributed by atoms with Crippen molar-refractivity contribution in [2.24, 2.45) is 0 Å². The summed E-state index contributed by atoms with van der Waals surface area (Å²) in [7, 11) is 0. The Labute approximate surface area is 162 Å². The maximum absolute atomic E-state index is 13.6. The number of carbonyl (C=O) groups excluding carboxylic acids is 1. The molecule has 28 heavy (non-hydrogen) atoms. The smallest absolute Gasteiger partial charge is 0.269 e. The number of carbonyl (C=O) groups is 1. The third kappa shape index (κ3) is 4.91. The lowest BCUT2D eigenvalue weighted by Crippen LogP contribution is -2.42. The van der Waals surface area contributed by atoms with E-state index in [1.807, 2.05) is 6.92 Å². The van der Waals surface area contributed by atoms with Crippen LogP contribution in [0.1, 0.15) is 18.9 Å². The molecule has 0 saturated heterocycles. The monoisotopic (exact) mass is 382 g/mol. The van der Waals surface area contributed by atoms with Crippen LogP contribution in [-0.4, -0.2) is 17.0 Å². The van der Waals surface area contributed by atoms with E-state index in [9.17, 15) is 13.6 Å². The molecule has 0 unspecified atom stereocenters. The van der Waals surface area contributed by atoms with Crippen molar-refractivity contribution >= 4 is 11.7 Å². The second-order valence-electron chi connectivity index (χ2n) is 6.21. The van der Waals surface area contributed by atoms with Gasteiger partial charge in [0, 0.05) is 6.20 Å². The second kappa shape index (κ2) is 9.08. The average molecular weight is 382 g/mol. The number of anilines is 1. The van der Waals surface area contributed by atoms with Gasteiger partial charge in [0.15, 0.2) is 6.10 Å². The Balaban J connectivity index is 1.86. The van der Waals surface area contributed by atoms with Crippen molar-refractivity contribution in [1.29, 1.82) is 0 Å². The van der Waals surface area contributed by atoms with Crippen LogP contribution in [0, 0.1) is 11.6 Å². The van der Waals surface area contributed by atoms with Gasteiger partial charge in [0.1, 0.15) is 23.2 Å². The molecule has 0 aliphatic rings. The van der Waals surface area contributed by atoms with E-state index in [2.05, 4.69) is 4.98 Å². The van der Waals surface area contributed by atoms with E-state index >= 15 is 0 Å². The van der Waals surface area contributed by atoms with Crippen molar-refractivity contribution in [3.05, 3.63) is 90.1 Å². The molecule has 1 aromatic heterocycles. The standard InChI is InChI=1S/C22H20F2N2O2/c1-2-20(28-19-11-9-17(23)10-12-19)22(27)26(21-8-3-4-13-25-21)15-16-6-5-7-18(24)14-16/h3-14,20H,2,15H2,1H3/t20-/m0/s1. The molecule has 0 radical (unpaired) electrons. The third-order valence-corrected chi connectivity index (χ3v) is 4.16. The lowest BCUT2D eigenvalue weighted by Gasteiger charge is -2.26. The molecule has 144 valence electrons. The first kappa shape index (κ1) is 19.5. The van der Waals surface area contributed by atoms with Crippen LogP contribution in [-0.2, 0) is 11.3 Å². The van der Waals surface area contributed by atoms with Crippen LogP contribution in [0.3, 0.4) is 0 Å². The van der Waals surface area contributed by atoms with Crippen molar-refractivity contribution in [2.75, 3.05) is 4.90 Å². The minimum Gasteiger partial charge on any atom is -0.481 e. The molecule has 3 aromatic rings. The number of halogens is 2. The molecule has 0 fully saturated rings. The summed E-state index contributed by atoms with van der Waals surface area (Å²) in [5, 5.41) is 0. The van der Waals surface area contributed by atoms with Gasteiger partial charge < -0.3 is 4.74 Å². The largest absolute Gasteiger partial charge is 0.481 e. The van der Waals surface area contributed by atoms with E-state index in [1.165, 1.54) is 41.3 Å². The number of rotatable bonds is 7. The zero-order chi connectivity index (χ0) is 19.9. The summed E-state index contributed by atoms with van der Waals surface area (Å²) < 4.78 is 32.5. The zero-order valence-electron chi connectivity index (χ0n) is 15.4. The van der Waals surface area contributed by atoms with E-state index in [-0.39, 0.29) is 24.1 Å². The Kier molecular flexibility index (Phi) is 6.32. The normalized spacial score (nSPS) is 11.7. The topological polar surface area (TPSA) is 42.4 Å². The number of aromatic nitrogens is 1. The number of hydrogen-bond donors (Lipinski definition) is 0. The van der Waals surface area contributed by atoms with Gasteiger partial charge in [-0.05, 0) is 60.5 Å². The third-order valence-electron chi connectivity index (χ3n) is 4.16. The minimum absolute atomic E-state index is 0.150. The number of nitrogens with zero attached hydrogens (tertiary/aromatic N) is 2. The Morgan fingerprint density at radius 3 is 2.46 bits per heavy atom. The Morgan fingerprint density at radius 1 is 1.04 bits per heavy atom. The maximum atomic E-state index is 13.6. The fraction of sp³-hybridized carbons (Fsp3) is 0.182. The van der Waals surface area contributed by atoms with E-state index in [0.29, 0.717) is 23.6 Å². The summed E-state index contributed by atoms with van der Waals surface area (Å²) in [6, 6.07) is 16.8. The zero-order valence-corrected chi connectivity index (χ0v) is 15.4. The highest BCUT2D eigenvalue weighted by Gasteiger charge is 2.27. The molecule has 1 heterocycles. The lowest BCUT2D eigenvalue weighted by molar-refractivity contribution is -0.125. The highest BCUT2D eigenvalue weighted by atomic mass is 19.1. The van der Waals surface area contributed by atoms with Crippen LogP contribution in [0.5, 0.6) is 5.75 Å². The highest BCUT2D eigenvalue weighted by Crippen LogP contribution is 2.20. The Hall–Kier alpha value is -3.28. The van der Waals surface area contributed by atoms with Crippen LogP contribution in [0.2, 0.25) is 0 Å². The summed E-state index contributed by atoms with van der Waals surface area (Å²) in [5.41, 5.74) is 0.635. The fourth-order valence-electron chi connectivity index (χ4n) is 2.76. The molecule has 4 nitrogen and oxygen atoms in total. The molecule has 0 N–H and O–H groups in total. The number of hydrogen-bond acceptors (Lipinski definition) is 3. The van der Waals surface area contributed by atoms with E-state index < -0.39 is 6.10 Å². The van der Waals surface area contributed by atoms with E-state index in [1.54, 1.807) is 36.5 Å². The van der Waals surface area contributed by atoms with Crippen molar-refractivity contribution in [3.63, 3.8) is 0 Å². The molecule has 0 saturated carbocycles. The second-order valence-corrected chi connectivity index (χ2v) is 6.21. The maximum Gasteiger partial charge on any atom is 0.269 e. The van der Waals surface area contributed by atoms with Gasteiger partial charge in [-0.3, -0.25) is 9.69 Å². The number of ether oxygens (including phenoxy) is 1. The Morgan fingerprint density at radius 2 is 1.82 bits per heavy atom. The molecule has 0 aliphatic heterocycles. The predicted octanol–water partition coefficient (Wildman–Crippen LogP) is 4.75. The quantitative estimate of drug-likeness (QED) is 0.592. The number of pyridine rings is 1. The van der Waals surface area contributed by atoms with Gasteiger partial charge in [0.2, 0.25) is 0 Å². The van der Waals surface area contributed by atoms with Gasteiger partial charge in [0.05, 0.1) is 6.54 Å². The molecular formula is C22H20F2N2O2. The first-order valence-corrected chi connectivity index (χ1v) is 8.96. The van der Waals surface area contributed by atoms with Gasteiger partial charge in [-0.25, -0.2) is 13.8 Å². The van der Waals surface area contributed by atoms with Gasteiger partial charge in [-0.15, -0.1) is 0 Å². The molecule has 1 atom stereocenters. The fourth-order valence-corrected chi connectivity index (χ4v) is 2.76. The first-order valence-electron chi connectivity index (χ1n) is 8.96. The first-order chi connectivity index (χ1) is 13.6. The van der Waals surface area contributed by atoms with Crippen molar-refractivity contribution in [2.45, 2.75) is 26.0 Å². The molecule has 1 amide bonds. The summed E-state index contributed by atoms with van der Waals surface area (Å²) in [6.07, 6.45) is 1.20. The van der Waals surface area contributed by atoms with Crippen molar-refractivity contribution in [3.8, 4) is 5.75 Å². The molecule has 2 aromatic carbocycles. The highest BCUT2D eigenvalue weighted by molar-refractivity contribution is 5.95. The van der Waals surface area contributed by atoms with E-state index in [0.717, 1.165) is 0 Å². The molecule has 3 rings (SSSR count). The molecule has 6 heteroatoms. The molecule has 0 bridgehead atoms. The summed E-state index contributed by atoms with van der Waals surface area (Å²) >= 11 is 0. The van der Waals surface area contributed by atoms with Gasteiger partial charge in [-0.2, -0.15) is 0 Å².